The van der Waals surface area contributed by atoms with E-state index in [0.29, 0.717) is 0 Å². The number of cyclic esters (lactones) is 1. The van der Waals surface area contributed by atoms with Crippen molar-refractivity contribution in [2.75, 3.05) is 0 Å². The zero-order chi connectivity index (χ0) is 16.6. The molecule has 1 aromatic carbocycles. The molecule has 2 aliphatic rings. The number of carbonyl (C=O) groups is 1. The zero-order valence-corrected chi connectivity index (χ0v) is 12.2. The van der Waals surface area contributed by atoms with Crippen LogP contribution in [0, 0.1) is 17.8 Å². The molecule has 0 radical (unpaired) electrons. The minimum Gasteiger partial charge on any atom is -0.439 e. The lowest BCUT2D eigenvalue weighted by Crippen LogP contribution is -2.37. The van der Waals surface area contributed by atoms with Crippen molar-refractivity contribution in [3.8, 4) is 11.8 Å². The zero-order valence-electron chi connectivity index (χ0n) is 12.2. The van der Waals surface area contributed by atoms with Crippen molar-refractivity contribution in [2.45, 2.75) is 32.0 Å². The molecule has 1 saturated carbocycles. The van der Waals surface area contributed by atoms with Crippen LogP contribution in [-0.2, 0) is 10.9 Å². The monoisotopic (exact) mass is 322 g/mol. The van der Waals surface area contributed by atoms with Gasteiger partial charge in [-0.2, -0.15) is 18.3 Å². The van der Waals surface area contributed by atoms with Gasteiger partial charge >= 0.3 is 12.3 Å². The van der Waals surface area contributed by atoms with E-state index < -0.39 is 23.9 Å². The molecule has 1 amide bonds. The molecule has 1 aliphatic heterocycles. The Hall–Kier alpha value is -2.49. The first-order chi connectivity index (χ1) is 10.8. The van der Waals surface area contributed by atoms with Crippen molar-refractivity contribution in [1.29, 1.82) is 0 Å². The molecule has 0 bridgehead atoms. The fourth-order valence-corrected chi connectivity index (χ4v) is 2.19. The summed E-state index contributed by atoms with van der Waals surface area (Å²) in [6.07, 6.45) is -4.10. The van der Waals surface area contributed by atoms with Crippen LogP contribution in [0.25, 0.3) is 0 Å². The van der Waals surface area contributed by atoms with Gasteiger partial charge in [-0.05, 0) is 31.9 Å². The summed E-state index contributed by atoms with van der Waals surface area (Å²) < 4.78 is 44.8. The summed E-state index contributed by atoms with van der Waals surface area (Å²) >= 11 is 0. The van der Waals surface area contributed by atoms with Crippen LogP contribution >= 0.6 is 0 Å². The van der Waals surface area contributed by atoms with Crippen LogP contribution < -0.4 is 5.43 Å². The summed E-state index contributed by atoms with van der Waals surface area (Å²) in [6.45, 7) is 1.55. The molecule has 7 heteroatoms. The summed E-state index contributed by atoms with van der Waals surface area (Å²) in [4.78, 5) is 11.0. The average Bonchev–Trinajstić information content (AvgIpc) is 3.28. The van der Waals surface area contributed by atoms with Crippen LogP contribution in [0.1, 0.15) is 36.5 Å². The predicted octanol–water partition coefficient (Wildman–Crippen LogP) is 3.30. The molecule has 1 heterocycles. The van der Waals surface area contributed by atoms with Gasteiger partial charge in [0, 0.05) is 17.0 Å². The molecule has 1 aromatic rings. The number of hydrazone groups is 1. The number of benzene rings is 1. The van der Waals surface area contributed by atoms with Crippen molar-refractivity contribution in [3.63, 3.8) is 0 Å². The van der Waals surface area contributed by atoms with Gasteiger partial charge in [0.25, 0.3) is 0 Å². The number of alkyl halides is 3. The Morgan fingerprint density at radius 2 is 2.09 bits per heavy atom. The molecule has 1 aliphatic carbocycles. The second-order valence-corrected chi connectivity index (χ2v) is 5.46. The normalized spacial score (nSPS) is 20.8. The van der Waals surface area contributed by atoms with Crippen LogP contribution in [0.15, 0.2) is 23.3 Å². The molecule has 1 fully saturated rings. The molecular formula is C16H13F3N2O2. The summed E-state index contributed by atoms with van der Waals surface area (Å²) in [7, 11) is 0. The Morgan fingerprint density at radius 1 is 1.35 bits per heavy atom. The van der Waals surface area contributed by atoms with E-state index in [0.717, 1.165) is 18.9 Å². The lowest BCUT2D eigenvalue weighted by atomic mass is 9.98. The van der Waals surface area contributed by atoms with Gasteiger partial charge < -0.3 is 4.74 Å². The lowest BCUT2D eigenvalue weighted by molar-refractivity contribution is -0.137. The lowest BCUT2D eigenvalue weighted by Gasteiger charge is -2.21. The number of hydrogen-bond donors (Lipinski definition) is 1. The fourth-order valence-electron chi connectivity index (χ4n) is 2.19. The van der Waals surface area contributed by atoms with E-state index >= 15 is 0 Å². The number of amides is 1. The third-order valence-corrected chi connectivity index (χ3v) is 3.55. The first kappa shape index (κ1) is 15.4. The largest absolute Gasteiger partial charge is 0.439 e. The van der Waals surface area contributed by atoms with Crippen molar-refractivity contribution in [2.24, 2.45) is 11.0 Å². The molecule has 23 heavy (non-hydrogen) atoms. The van der Waals surface area contributed by atoms with Crippen LogP contribution in [0.2, 0.25) is 0 Å². The molecule has 3 rings (SSSR count). The van der Waals surface area contributed by atoms with Crippen molar-refractivity contribution < 1.29 is 22.7 Å². The minimum absolute atomic E-state index is 0.0535. The summed E-state index contributed by atoms with van der Waals surface area (Å²) in [5.74, 6) is 5.67. The quantitative estimate of drug-likeness (QED) is 0.807. The maximum absolute atomic E-state index is 13.3. The van der Waals surface area contributed by atoms with Crippen molar-refractivity contribution >= 4 is 11.8 Å². The number of rotatable bonds is 1. The smallest absolute Gasteiger partial charge is 0.428 e. The molecule has 0 unspecified atom stereocenters. The van der Waals surface area contributed by atoms with Crippen LogP contribution in [0.3, 0.4) is 0 Å². The van der Waals surface area contributed by atoms with Gasteiger partial charge in [0.2, 0.25) is 0 Å². The van der Waals surface area contributed by atoms with E-state index in [2.05, 4.69) is 22.4 Å². The highest BCUT2D eigenvalue weighted by molar-refractivity contribution is 6.05. The number of ether oxygens (including phenoxy) is 1. The number of halogens is 3. The van der Waals surface area contributed by atoms with E-state index in [-0.39, 0.29) is 22.8 Å². The van der Waals surface area contributed by atoms with E-state index in [1.165, 1.54) is 12.1 Å². The fraction of sp³-hybridized carbons (Fsp3) is 0.375. The Morgan fingerprint density at radius 3 is 2.70 bits per heavy atom. The standard InChI is InChI=1S/C16H13F3N2O2/c1-9-14(20-21-15(22)23-9)12-7-6-11(5-4-10-2-3-10)13(8-12)16(17,18)19/h6-10H,2-3H2,1H3,(H,21,22)/t9-/m0/s1. The van der Waals surface area contributed by atoms with Crippen LogP contribution in [-0.4, -0.2) is 17.9 Å². The van der Waals surface area contributed by atoms with E-state index in [1.54, 1.807) is 6.92 Å². The highest BCUT2D eigenvalue weighted by Gasteiger charge is 2.34. The summed E-state index contributed by atoms with van der Waals surface area (Å²) in [5, 5.41) is 3.79. The van der Waals surface area contributed by atoms with Crippen molar-refractivity contribution in [1.82, 2.24) is 5.43 Å². The summed E-state index contributed by atoms with van der Waals surface area (Å²) in [6, 6.07) is 3.83. The first-order valence-electron chi connectivity index (χ1n) is 7.12. The van der Waals surface area contributed by atoms with Gasteiger partial charge in [-0.15, -0.1) is 0 Å². The molecule has 1 N–H and O–H groups in total. The van der Waals surface area contributed by atoms with E-state index in [1.807, 2.05) is 0 Å². The highest BCUT2D eigenvalue weighted by atomic mass is 19.4. The number of hydrogen-bond acceptors (Lipinski definition) is 3. The van der Waals surface area contributed by atoms with Gasteiger partial charge in [0.05, 0.1) is 5.56 Å². The van der Waals surface area contributed by atoms with Gasteiger partial charge in [-0.1, -0.05) is 17.9 Å². The molecule has 1 atom stereocenters. The third kappa shape index (κ3) is 3.47. The predicted molar refractivity (Wildman–Crippen MR) is 76.7 cm³/mol. The molecule has 0 aromatic heterocycles. The maximum atomic E-state index is 13.3. The maximum Gasteiger partial charge on any atom is 0.428 e. The van der Waals surface area contributed by atoms with Crippen LogP contribution in [0.5, 0.6) is 0 Å². The SMILES string of the molecule is C[C@@H]1OC(=O)NN=C1c1ccc(C#CC2CC2)c(C(F)(F)F)c1. The van der Waals surface area contributed by atoms with Gasteiger partial charge in [-0.3, -0.25) is 0 Å². The molecule has 120 valence electrons. The molecule has 0 spiro atoms. The average molecular weight is 322 g/mol. The second-order valence-electron chi connectivity index (χ2n) is 5.46. The summed E-state index contributed by atoms with van der Waals surface area (Å²) in [5.41, 5.74) is 1.71. The van der Waals surface area contributed by atoms with Gasteiger partial charge in [0.15, 0.2) is 0 Å². The Balaban J connectivity index is 2.00. The van der Waals surface area contributed by atoms with Crippen molar-refractivity contribution in [3.05, 3.63) is 34.9 Å². The Labute approximate surface area is 130 Å². The molecule has 0 saturated heterocycles. The second kappa shape index (κ2) is 5.61. The first-order valence-corrected chi connectivity index (χ1v) is 7.12. The minimum atomic E-state index is -4.52. The van der Waals surface area contributed by atoms with E-state index in [4.69, 9.17) is 4.74 Å². The number of nitrogens with one attached hydrogen (secondary N) is 1. The van der Waals surface area contributed by atoms with Gasteiger partial charge in [-0.25, -0.2) is 10.2 Å². The Kier molecular flexibility index (Phi) is 3.76. The molecular weight excluding hydrogens is 309 g/mol. The number of nitrogens with zero attached hydrogens (tertiary/aromatic N) is 1. The van der Waals surface area contributed by atoms with E-state index in [9.17, 15) is 18.0 Å². The van der Waals surface area contributed by atoms with Gasteiger partial charge in [0.1, 0.15) is 11.8 Å². The third-order valence-electron chi connectivity index (χ3n) is 3.55. The topological polar surface area (TPSA) is 50.7 Å². The molecule has 4 nitrogen and oxygen atoms in total. The number of carbonyl (C=O) groups excluding carboxylic acids is 1. The van der Waals surface area contributed by atoms with Crippen LogP contribution in [0.4, 0.5) is 18.0 Å². The Bertz CT molecular complexity index is 740. The highest BCUT2D eigenvalue weighted by Crippen LogP contribution is 2.33.